The number of sulfonamides is 1. The maximum Gasteiger partial charge on any atom is 0.242 e. The monoisotopic (exact) mass is 571 g/mol. The van der Waals surface area contributed by atoms with E-state index in [-0.39, 0.29) is 31.3 Å². The van der Waals surface area contributed by atoms with Gasteiger partial charge in [0.1, 0.15) is 6.04 Å². The fraction of sp³-hybridized carbons (Fsp3) is 0.417. The Morgan fingerprint density at radius 2 is 1.82 bits per heavy atom. The molecule has 0 aromatic heterocycles. The van der Waals surface area contributed by atoms with Crippen LogP contribution in [0.3, 0.4) is 0 Å². The summed E-state index contributed by atoms with van der Waals surface area (Å²) in [5.41, 5.74) is 1.34. The van der Waals surface area contributed by atoms with Crippen LogP contribution in [0.4, 0.5) is 5.69 Å². The van der Waals surface area contributed by atoms with Gasteiger partial charge in [0, 0.05) is 35.6 Å². The second-order valence-corrected chi connectivity index (χ2v) is 11.3. The lowest BCUT2D eigenvalue weighted by atomic mass is 10.1. The van der Waals surface area contributed by atoms with Gasteiger partial charge in [0.2, 0.25) is 21.8 Å². The highest BCUT2D eigenvalue weighted by Gasteiger charge is 2.26. The molecule has 2 amide bonds. The molecule has 0 radical (unpaired) electrons. The number of hydrogen-bond acceptors (Lipinski definition) is 4. The first-order valence-electron chi connectivity index (χ1n) is 11.1. The van der Waals surface area contributed by atoms with Crippen molar-refractivity contribution in [2.24, 2.45) is 0 Å². The largest absolute Gasteiger partial charge is 0.354 e. The number of rotatable bonds is 12. The number of hydrogen-bond donors (Lipinski definition) is 1. The summed E-state index contributed by atoms with van der Waals surface area (Å²) in [6.45, 7) is 4.59. The first kappa shape index (κ1) is 28.1. The second-order valence-electron chi connectivity index (χ2n) is 8.03. The van der Waals surface area contributed by atoms with Gasteiger partial charge in [0.15, 0.2) is 0 Å². The Morgan fingerprint density at radius 3 is 2.41 bits per heavy atom. The topological polar surface area (TPSA) is 86.8 Å². The van der Waals surface area contributed by atoms with Crippen LogP contribution in [-0.2, 0) is 26.2 Å². The van der Waals surface area contributed by atoms with Crippen molar-refractivity contribution in [3.8, 4) is 0 Å². The summed E-state index contributed by atoms with van der Waals surface area (Å²) < 4.78 is 26.9. The summed E-state index contributed by atoms with van der Waals surface area (Å²) in [5.74, 6) is -0.439. The maximum atomic E-state index is 13.2. The molecule has 2 rings (SSSR count). The molecule has 7 nitrogen and oxygen atoms in total. The highest BCUT2D eigenvalue weighted by molar-refractivity contribution is 9.10. The molecule has 0 saturated heterocycles. The molecule has 0 bridgehead atoms. The van der Waals surface area contributed by atoms with Crippen LogP contribution in [0.1, 0.15) is 38.7 Å². The van der Waals surface area contributed by atoms with Crippen molar-refractivity contribution < 1.29 is 18.0 Å². The van der Waals surface area contributed by atoms with Crippen molar-refractivity contribution in [2.45, 2.75) is 45.7 Å². The Morgan fingerprint density at radius 1 is 1.15 bits per heavy atom. The zero-order valence-corrected chi connectivity index (χ0v) is 22.8. The molecule has 34 heavy (non-hydrogen) atoms. The molecule has 0 aliphatic carbocycles. The van der Waals surface area contributed by atoms with E-state index in [0.717, 1.165) is 22.7 Å². The molecule has 0 aliphatic rings. The van der Waals surface area contributed by atoms with Gasteiger partial charge in [-0.15, -0.1) is 0 Å². The van der Waals surface area contributed by atoms with Gasteiger partial charge in [-0.3, -0.25) is 13.9 Å². The Bertz CT molecular complexity index is 1080. The molecule has 1 atom stereocenters. The molecule has 2 aromatic rings. The van der Waals surface area contributed by atoms with Crippen molar-refractivity contribution in [3.63, 3.8) is 0 Å². The minimum Gasteiger partial charge on any atom is -0.354 e. The van der Waals surface area contributed by atoms with Gasteiger partial charge in [-0.25, -0.2) is 8.42 Å². The molecule has 10 heteroatoms. The normalized spacial score (nSPS) is 12.1. The number of benzene rings is 2. The van der Waals surface area contributed by atoms with E-state index in [9.17, 15) is 18.0 Å². The van der Waals surface area contributed by atoms with Gasteiger partial charge in [-0.05, 0) is 55.7 Å². The molecule has 1 unspecified atom stereocenters. The molecule has 0 heterocycles. The standard InChI is InChI=1S/C24H31BrClN3O4S/c1-4-14-27-24(31)18(2)28(17-19-10-12-20(25)13-11-19)23(30)9-6-15-29(34(3,32)33)22-8-5-7-21(26)16-22/h5,7-8,10-13,16,18H,4,6,9,14-15,17H2,1-3H3,(H,27,31). The Kier molecular flexibility index (Phi) is 10.9. The summed E-state index contributed by atoms with van der Waals surface area (Å²) in [6.07, 6.45) is 2.30. The lowest BCUT2D eigenvalue weighted by Crippen LogP contribution is -2.47. The van der Waals surface area contributed by atoms with Gasteiger partial charge >= 0.3 is 0 Å². The molecule has 0 saturated carbocycles. The van der Waals surface area contributed by atoms with Crippen LogP contribution in [0.25, 0.3) is 0 Å². The molecular formula is C24H31BrClN3O4S. The van der Waals surface area contributed by atoms with Crippen LogP contribution in [0.15, 0.2) is 53.0 Å². The van der Waals surface area contributed by atoms with Crippen LogP contribution >= 0.6 is 27.5 Å². The summed E-state index contributed by atoms with van der Waals surface area (Å²) in [7, 11) is -3.56. The van der Waals surface area contributed by atoms with E-state index in [1.807, 2.05) is 31.2 Å². The maximum absolute atomic E-state index is 13.2. The minimum absolute atomic E-state index is 0.0918. The third-order valence-electron chi connectivity index (χ3n) is 5.23. The molecule has 0 fully saturated rings. The van der Waals surface area contributed by atoms with E-state index in [1.54, 1.807) is 36.1 Å². The number of nitrogens with zero attached hydrogens (tertiary/aromatic N) is 2. The Hall–Kier alpha value is -2.10. The van der Waals surface area contributed by atoms with Crippen molar-refractivity contribution in [2.75, 3.05) is 23.7 Å². The summed E-state index contributed by atoms with van der Waals surface area (Å²) >= 11 is 9.43. The van der Waals surface area contributed by atoms with E-state index in [1.165, 1.54) is 4.31 Å². The van der Waals surface area contributed by atoms with Crippen molar-refractivity contribution in [1.29, 1.82) is 0 Å². The number of anilines is 1. The zero-order valence-electron chi connectivity index (χ0n) is 19.6. The Balaban J connectivity index is 2.14. The summed E-state index contributed by atoms with van der Waals surface area (Å²) in [4.78, 5) is 27.4. The van der Waals surface area contributed by atoms with Gasteiger partial charge in [-0.2, -0.15) is 0 Å². The number of halogens is 2. The number of amides is 2. The third-order valence-corrected chi connectivity index (χ3v) is 7.19. The van der Waals surface area contributed by atoms with E-state index >= 15 is 0 Å². The SMILES string of the molecule is CCCNC(=O)C(C)N(Cc1ccc(Br)cc1)C(=O)CCCN(c1cccc(Cl)c1)S(C)(=O)=O. The summed E-state index contributed by atoms with van der Waals surface area (Å²) in [5, 5.41) is 3.27. The smallest absolute Gasteiger partial charge is 0.242 e. The van der Waals surface area contributed by atoms with Crippen LogP contribution in [0, 0.1) is 0 Å². The van der Waals surface area contributed by atoms with Crippen molar-refractivity contribution >= 4 is 55.1 Å². The van der Waals surface area contributed by atoms with E-state index in [2.05, 4.69) is 21.2 Å². The Labute approximate surface area is 215 Å². The fourth-order valence-electron chi connectivity index (χ4n) is 3.40. The van der Waals surface area contributed by atoms with Crippen LogP contribution < -0.4 is 9.62 Å². The minimum atomic E-state index is -3.56. The van der Waals surface area contributed by atoms with Gasteiger partial charge in [0.05, 0.1) is 11.9 Å². The highest BCUT2D eigenvalue weighted by Crippen LogP contribution is 2.23. The second kappa shape index (κ2) is 13.1. The van der Waals surface area contributed by atoms with E-state index in [4.69, 9.17) is 11.6 Å². The first-order chi connectivity index (χ1) is 16.0. The van der Waals surface area contributed by atoms with E-state index in [0.29, 0.717) is 23.7 Å². The lowest BCUT2D eigenvalue weighted by Gasteiger charge is -2.29. The lowest BCUT2D eigenvalue weighted by molar-refractivity contribution is -0.140. The van der Waals surface area contributed by atoms with Gasteiger partial charge < -0.3 is 10.2 Å². The summed E-state index contributed by atoms with van der Waals surface area (Å²) in [6, 6.07) is 13.5. The number of nitrogens with one attached hydrogen (secondary N) is 1. The fourth-order valence-corrected chi connectivity index (χ4v) is 4.81. The molecule has 0 aliphatic heterocycles. The van der Waals surface area contributed by atoms with Crippen LogP contribution in [0.2, 0.25) is 5.02 Å². The van der Waals surface area contributed by atoms with Crippen LogP contribution in [-0.4, -0.2) is 50.5 Å². The van der Waals surface area contributed by atoms with Crippen LogP contribution in [0.5, 0.6) is 0 Å². The van der Waals surface area contributed by atoms with Gasteiger partial charge in [0.25, 0.3) is 0 Å². The molecule has 186 valence electrons. The highest BCUT2D eigenvalue weighted by atomic mass is 79.9. The quantitative estimate of drug-likeness (QED) is 0.403. The predicted molar refractivity (Wildman–Crippen MR) is 140 cm³/mol. The molecule has 0 spiro atoms. The molecule has 2 aromatic carbocycles. The number of carbonyl (C=O) groups is 2. The predicted octanol–water partition coefficient (Wildman–Crippen LogP) is 4.59. The third kappa shape index (κ3) is 8.60. The van der Waals surface area contributed by atoms with Crippen molar-refractivity contribution in [3.05, 3.63) is 63.6 Å². The van der Waals surface area contributed by atoms with Gasteiger partial charge in [-0.1, -0.05) is 52.7 Å². The first-order valence-corrected chi connectivity index (χ1v) is 14.1. The van der Waals surface area contributed by atoms with Crippen molar-refractivity contribution in [1.82, 2.24) is 10.2 Å². The zero-order chi connectivity index (χ0) is 25.3. The average Bonchev–Trinajstić information content (AvgIpc) is 2.78. The molecule has 1 N–H and O–H groups in total. The number of carbonyl (C=O) groups excluding carboxylic acids is 2. The average molecular weight is 573 g/mol. The molecular weight excluding hydrogens is 542 g/mol. The van der Waals surface area contributed by atoms with E-state index < -0.39 is 16.1 Å².